The fourth-order valence-electron chi connectivity index (χ4n) is 2.20. The van der Waals surface area contributed by atoms with Crippen molar-refractivity contribution in [3.63, 3.8) is 0 Å². The van der Waals surface area contributed by atoms with E-state index in [1.165, 1.54) is 12.1 Å². The monoisotopic (exact) mass is 276 g/mol. The van der Waals surface area contributed by atoms with Gasteiger partial charge in [-0.3, -0.25) is 4.99 Å². The molecule has 0 atom stereocenters. The summed E-state index contributed by atoms with van der Waals surface area (Å²) in [5, 5.41) is 2.98. The first-order valence-corrected chi connectivity index (χ1v) is 6.12. The number of amidine groups is 1. The molecule has 102 valence electrons. The Balaban J connectivity index is 2.02. The smallest absolute Gasteiger partial charge is 0.340 e. The Morgan fingerprint density at radius 3 is 2.45 bits per heavy atom. The molecule has 0 radical (unpaired) electrons. The maximum Gasteiger partial charge on any atom is 0.417 e. The summed E-state index contributed by atoms with van der Waals surface area (Å²) >= 11 is 0. The van der Waals surface area contributed by atoms with Crippen LogP contribution < -0.4 is 5.32 Å². The molecule has 1 N–H and O–H groups in total. The van der Waals surface area contributed by atoms with E-state index >= 15 is 0 Å². The lowest BCUT2D eigenvalue weighted by Crippen LogP contribution is -2.22. The predicted octanol–water partition coefficient (Wildman–Crippen LogP) is 4.08. The number of para-hydroxylation sites is 1. The van der Waals surface area contributed by atoms with Gasteiger partial charge in [0.25, 0.3) is 0 Å². The van der Waals surface area contributed by atoms with E-state index in [1.54, 1.807) is 6.07 Å². The van der Waals surface area contributed by atoms with Gasteiger partial charge in [0.15, 0.2) is 0 Å². The number of benzene rings is 2. The Labute approximate surface area is 114 Å². The maximum absolute atomic E-state index is 13.0. The van der Waals surface area contributed by atoms with Crippen LogP contribution >= 0.6 is 0 Å². The third-order valence-corrected chi connectivity index (χ3v) is 3.17. The lowest BCUT2D eigenvalue weighted by atomic mass is 10.0. The molecule has 0 aromatic heterocycles. The van der Waals surface area contributed by atoms with Crippen LogP contribution in [0, 0.1) is 0 Å². The Hall–Kier alpha value is -2.30. The van der Waals surface area contributed by atoms with E-state index in [0.717, 1.165) is 17.3 Å². The summed E-state index contributed by atoms with van der Waals surface area (Å²) in [7, 11) is 0. The highest BCUT2D eigenvalue weighted by molar-refractivity contribution is 6.10. The minimum Gasteiger partial charge on any atom is -0.340 e. The maximum atomic E-state index is 13.0. The van der Waals surface area contributed by atoms with Crippen molar-refractivity contribution < 1.29 is 13.2 Å². The quantitative estimate of drug-likeness (QED) is 0.834. The summed E-state index contributed by atoms with van der Waals surface area (Å²) in [6, 6.07) is 12.9. The second-order valence-corrected chi connectivity index (χ2v) is 4.49. The van der Waals surface area contributed by atoms with Crippen LogP contribution in [-0.2, 0) is 12.7 Å². The van der Waals surface area contributed by atoms with Crippen LogP contribution in [0.4, 0.5) is 18.9 Å². The van der Waals surface area contributed by atoms with Crippen LogP contribution in [0.5, 0.6) is 0 Å². The van der Waals surface area contributed by atoms with Crippen molar-refractivity contribution in [1.29, 1.82) is 0 Å². The van der Waals surface area contributed by atoms with E-state index in [0.29, 0.717) is 6.54 Å². The molecule has 3 rings (SSSR count). The number of halogens is 3. The lowest BCUT2D eigenvalue weighted by molar-refractivity contribution is -0.137. The van der Waals surface area contributed by atoms with Gasteiger partial charge in [-0.2, -0.15) is 13.2 Å². The minimum atomic E-state index is -4.39. The number of fused-ring (bicyclic) bond motifs is 1. The van der Waals surface area contributed by atoms with Crippen molar-refractivity contribution in [1.82, 2.24) is 0 Å². The molecule has 5 heteroatoms. The van der Waals surface area contributed by atoms with Gasteiger partial charge in [0, 0.05) is 11.3 Å². The highest BCUT2D eigenvalue weighted by Gasteiger charge is 2.34. The molecular formula is C15H11F3N2. The van der Waals surface area contributed by atoms with Gasteiger partial charge in [-0.15, -0.1) is 0 Å². The number of rotatable bonds is 1. The highest BCUT2D eigenvalue weighted by Crippen LogP contribution is 2.33. The molecule has 1 aliphatic rings. The van der Waals surface area contributed by atoms with E-state index < -0.39 is 11.7 Å². The van der Waals surface area contributed by atoms with Gasteiger partial charge in [0.1, 0.15) is 5.84 Å². The number of nitrogens with zero attached hydrogens (tertiary/aromatic N) is 1. The number of nitrogens with one attached hydrogen (secondary N) is 1. The number of hydrogen-bond donors (Lipinski definition) is 1. The summed E-state index contributed by atoms with van der Waals surface area (Å²) in [5.41, 5.74) is 1.18. The van der Waals surface area contributed by atoms with Crippen molar-refractivity contribution >= 4 is 11.5 Å². The summed E-state index contributed by atoms with van der Waals surface area (Å²) in [5.74, 6) is 0.261. The molecule has 0 amide bonds. The van der Waals surface area contributed by atoms with E-state index in [2.05, 4.69) is 10.3 Å². The van der Waals surface area contributed by atoms with Crippen molar-refractivity contribution in [2.75, 3.05) is 5.32 Å². The SMILES string of the molecule is FC(F)(F)c1ccccc1C1=NCc2ccccc2N1. The van der Waals surface area contributed by atoms with Gasteiger partial charge < -0.3 is 5.32 Å². The molecule has 0 fully saturated rings. The number of alkyl halides is 3. The summed E-state index contributed by atoms with van der Waals surface area (Å²) in [6.45, 7) is 0.380. The number of hydrogen-bond acceptors (Lipinski definition) is 2. The van der Waals surface area contributed by atoms with Crippen LogP contribution in [0.3, 0.4) is 0 Å². The second-order valence-electron chi connectivity index (χ2n) is 4.49. The van der Waals surface area contributed by atoms with Gasteiger partial charge >= 0.3 is 6.18 Å². The Bertz CT molecular complexity index is 675. The molecule has 0 spiro atoms. The Kier molecular flexibility index (Phi) is 2.97. The first-order chi connectivity index (χ1) is 9.55. The fraction of sp³-hybridized carbons (Fsp3) is 0.133. The molecule has 1 aliphatic heterocycles. The molecule has 2 nitrogen and oxygen atoms in total. The van der Waals surface area contributed by atoms with Crippen LogP contribution in [0.25, 0.3) is 0 Å². The topological polar surface area (TPSA) is 24.4 Å². The third kappa shape index (κ3) is 2.27. The number of anilines is 1. The van der Waals surface area contributed by atoms with Crippen LogP contribution in [0.2, 0.25) is 0 Å². The normalized spacial score (nSPS) is 14.2. The van der Waals surface area contributed by atoms with Crippen molar-refractivity contribution in [2.24, 2.45) is 4.99 Å². The molecule has 0 aliphatic carbocycles. The van der Waals surface area contributed by atoms with Crippen molar-refractivity contribution in [3.8, 4) is 0 Å². The van der Waals surface area contributed by atoms with Crippen LogP contribution in [0.1, 0.15) is 16.7 Å². The zero-order valence-corrected chi connectivity index (χ0v) is 10.4. The fourth-order valence-corrected chi connectivity index (χ4v) is 2.20. The predicted molar refractivity (Wildman–Crippen MR) is 71.7 cm³/mol. The molecule has 0 saturated heterocycles. The van der Waals surface area contributed by atoms with E-state index in [4.69, 9.17) is 0 Å². The minimum absolute atomic E-state index is 0.0782. The van der Waals surface area contributed by atoms with Crippen molar-refractivity contribution in [2.45, 2.75) is 12.7 Å². The van der Waals surface area contributed by atoms with Gasteiger partial charge in [-0.05, 0) is 17.7 Å². The molecule has 1 heterocycles. The largest absolute Gasteiger partial charge is 0.417 e. The average molecular weight is 276 g/mol. The number of aliphatic imine (C=N–C) groups is 1. The molecular weight excluding hydrogens is 265 g/mol. The van der Waals surface area contributed by atoms with Gasteiger partial charge in [0.05, 0.1) is 12.1 Å². The first kappa shape index (κ1) is 12.7. The average Bonchev–Trinajstić information content (AvgIpc) is 2.46. The molecule has 2 aromatic carbocycles. The zero-order chi connectivity index (χ0) is 14.2. The van der Waals surface area contributed by atoms with Crippen LogP contribution in [-0.4, -0.2) is 5.84 Å². The molecule has 0 unspecified atom stereocenters. The lowest BCUT2D eigenvalue weighted by Gasteiger charge is -2.21. The summed E-state index contributed by atoms with van der Waals surface area (Å²) in [4.78, 5) is 4.22. The van der Waals surface area contributed by atoms with Gasteiger partial charge in [-0.25, -0.2) is 0 Å². The Morgan fingerprint density at radius 2 is 1.65 bits per heavy atom. The zero-order valence-electron chi connectivity index (χ0n) is 10.4. The molecule has 2 aromatic rings. The summed E-state index contributed by atoms with van der Waals surface area (Å²) in [6.07, 6.45) is -4.39. The second kappa shape index (κ2) is 4.67. The highest BCUT2D eigenvalue weighted by atomic mass is 19.4. The summed E-state index contributed by atoms with van der Waals surface area (Å²) < 4.78 is 39.0. The molecule has 0 bridgehead atoms. The standard InChI is InChI=1S/C15H11F3N2/c16-15(17,18)12-7-3-2-6-11(12)14-19-9-10-5-1-4-8-13(10)20-14/h1-8H,9H2,(H,19,20). The third-order valence-electron chi connectivity index (χ3n) is 3.17. The first-order valence-electron chi connectivity index (χ1n) is 6.12. The van der Waals surface area contributed by atoms with Crippen LogP contribution in [0.15, 0.2) is 53.5 Å². The Morgan fingerprint density at radius 1 is 0.950 bits per heavy atom. The van der Waals surface area contributed by atoms with E-state index in [1.807, 2.05) is 24.3 Å². The van der Waals surface area contributed by atoms with Gasteiger partial charge in [-0.1, -0.05) is 36.4 Å². The van der Waals surface area contributed by atoms with E-state index in [-0.39, 0.29) is 11.4 Å². The van der Waals surface area contributed by atoms with Gasteiger partial charge in [0.2, 0.25) is 0 Å². The van der Waals surface area contributed by atoms with E-state index in [9.17, 15) is 13.2 Å². The molecule has 0 saturated carbocycles. The molecule has 20 heavy (non-hydrogen) atoms. The van der Waals surface area contributed by atoms with Crippen molar-refractivity contribution in [3.05, 3.63) is 65.2 Å².